The smallest absolute Gasteiger partial charge is 0.272 e. The molecule has 0 bridgehead atoms. The van der Waals surface area contributed by atoms with E-state index in [1.807, 2.05) is 24.1 Å². The SMILES string of the molecule is CNc1nc([C@H]2CCCN2)nc2c1CCN(C(=O)c1ccccn1)C2. The summed E-state index contributed by atoms with van der Waals surface area (Å²) in [5.74, 6) is 1.67. The lowest BCUT2D eigenvalue weighted by molar-refractivity contribution is 0.0725. The molecule has 2 aromatic heterocycles. The van der Waals surface area contributed by atoms with Crippen LogP contribution in [0.15, 0.2) is 24.4 Å². The van der Waals surface area contributed by atoms with Crippen molar-refractivity contribution < 1.29 is 4.79 Å². The lowest BCUT2D eigenvalue weighted by Gasteiger charge is -2.29. The molecule has 2 aliphatic rings. The van der Waals surface area contributed by atoms with Gasteiger partial charge in [0, 0.05) is 25.4 Å². The first kappa shape index (κ1) is 16.0. The minimum absolute atomic E-state index is 0.0450. The number of carbonyl (C=O) groups excluding carboxylic acids is 1. The second-order valence-corrected chi connectivity index (χ2v) is 6.45. The third-order valence-electron chi connectivity index (χ3n) is 4.86. The van der Waals surface area contributed by atoms with E-state index in [9.17, 15) is 4.79 Å². The predicted octanol–water partition coefficient (Wildman–Crippen LogP) is 1.54. The van der Waals surface area contributed by atoms with E-state index < -0.39 is 0 Å². The van der Waals surface area contributed by atoms with Crippen LogP contribution in [0.2, 0.25) is 0 Å². The van der Waals surface area contributed by atoms with Crippen molar-refractivity contribution in [2.75, 3.05) is 25.5 Å². The fourth-order valence-corrected chi connectivity index (χ4v) is 3.54. The molecule has 7 heteroatoms. The fourth-order valence-electron chi connectivity index (χ4n) is 3.54. The molecule has 2 aromatic rings. The zero-order chi connectivity index (χ0) is 17.2. The summed E-state index contributed by atoms with van der Waals surface area (Å²) in [6, 6.07) is 5.61. The van der Waals surface area contributed by atoms with Crippen molar-refractivity contribution in [3.8, 4) is 0 Å². The molecular weight excluding hydrogens is 316 g/mol. The van der Waals surface area contributed by atoms with Crippen LogP contribution in [0.4, 0.5) is 5.82 Å². The van der Waals surface area contributed by atoms with Gasteiger partial charge in [-0.1, -0.05) is 6.07 Å². The molecule has 1 amide bonds. The van der Waals surface area contributed by atoms with E-state index in [0.29, 0.717) is 18.8 Å². The molecule has 7 nitrogen and oxygen atoms in total. The van der Waals surface area contributed by atoms with Gasteiger partial charge < -0.3 is 15.5 Å². The summed E-state index contributed by atoms with van der Waals surface area (Å²) in [4.78, 5) is 28.2. The quantitative estimate of drug-likeness (QED) is 0.883. The molecule has 4 rings (SSSR count). The normalized spacial score (nSPS) is 19.6. The molecule has 0 saturated carbocycles. The lowest BCUT2D eigenvalue weighted by Crippen LogP contribution is -2.37. The van der Waals surface area contributed by atoms with Crippen molar-refractivity contribution in [2.45, 2.75) is 31.8 Å². The van der Waals surface area contributed by atoms with Crippen LogP contribution in [0.3, 0.4) is 0 Å². The van der Waals surface area contributed by atoms with Gasteiger partial charge in [-0.05, 0) is 37.9 Å². The highest BCUT2D eigenvalue weighted by atomic mass is 16.2. The van der Waals surface area contributed by atoms with Gasteiger partial charge in [0.25, 0.3) is 5.91 Å². The van der Waals surface area contributed by atoms with Crippen LogP contribution < -0.4 is 10.6 Å². The molecule has 2 N–H and O–H groups in total. The standard InChI is InChI=1S/C18H22N6O/c1-19-16-12-7-10-24(18(25)14-5-2-3-8-21-14)11-15(12)22-17(23-16)13-6-4-9-20-13/h2-3,5,8,13,20H,4,6-7,9-11H2,1H3,(H,19,22,23)/t13-/m1/s1. The number of nitrogens with one attached hydrogen (secondary N) is 2. The topological polar surface area (TPSA) is 83.0 Å². The van der Waals surface area contributed by atoms with Crippen molar-refractivity contribution in [3.05, 3.63) is 47.2 Å². The average Bonchev–Trinajstić information content (AvgIpc) is 3.21. The third kappa shape index (κ3) is 3.07. The molecule has 0 spiro atoms. The Morgan fingerprint density at radius 1 is 1.36 bits per heavy atom. The zero-order valence-electron chi connectivity index (χ0n) is 14.3. The van der Waals surface area contributed by atoms with Crippen molar-refractivity contribution in [1.29, 1.82) is 0 Å². The molecule has 4 heterocycles. The van der Waals surface area contributed by atoms with Crippen LogP contribution in [0.25, 0.3) is 0 Å². The van der Waals surface area contributed by atoms with E-state index >= 15 is 0 Å². The van der Waals surface area contributed by atoms with Crippen LogP contribution in [0, 0.1) is 0 Å². The molecule has 0 aliphatic carbocycles. The van der Waals surface area contributed by atoms with Gasteiger partial charge in [0.2, 0.25) is 0 Å². The number of nitrogens with zero attached hydrogens (tertiary/aromatic N) is 4. The molecule has 1 fully saturated rings. The van der Waals surface area contributed by atoms with E-state index in [1.165, 1.54) is 0 Å². The summed E-state index contributed by atoms with van der Waals surface area (Å²) in [6.45, 7) is 2.16. The summed E-state index contributed by atoms with van der Waals surface area (Å²) < 4.78 is 0. The first-order chi connectivity index (χ1) is 12.3. The van der Waals surface area contributed by atoms with E-state index in [1.54, 1.807) is 12.3 Å². The third-order valence-corrected chi connectivity index (χ3v) is 4.86. The number of fused-ring (bicyclic) bond motifs is 1. The molecule has 2 aliphatic heterocycles. The summed E-state index contributed by atoms with van der Waals surface area (Å²) >= 11 is 0. The zero-order valence-corrected chi connectivity index (χ0v) is 14.3. The minimum Gasteiger partial charge on any atom is -0.373 e. The highest BCUT2D eigenvalue weighted by Crippen LogP contribution is 2.28. The van der Waals surface area contributed by atoms with E-state index in [4.69, 9.17) is 9.97 Å². The largest absolute Gasteiger partial charge is 0.373 e. The van der Waals surface area contributed by atoms with Crippen LogP contribution in [-0.4, -0.2) is 45.9 Å². The minimum atomic E-state index is -0.0450. The van der Waals surface area contributed by atoms with Crippen LogP contribution >= 0.6 is 0 Å². The summed E-state index contributed by atoms with van der Waals surface area (Å²) in [5.41, 5.74) is 2.54. The Hall–Kier alpha value is -2.54. The van der Waals surface area contributed by atoms with Gasteiger partial charge in [0.1, 0.15) is 17.3 Å². The van der Waals surface area contributed by atoms with Gasteiger partial charge in [-0.15, -0.1) is 0 Å². The highest BCUT2D eigenvalue weighted by molar-refractivity contribution is 5.92. The Labute approximate surface area is 146 Å². The molecule has 25 heavy (non-hydrogen) atoms. The van der Waals surface area contributed by atoms with Crippen molar-refractivity contribution in [1.82, 2.24) is 25.2 Å². The van der Waals surface area contributed by atoms with E-state index in [0.717, 1.165) is 48.7 Å². The number of carbonyl (C=O) groups is 1. The maximum atomic E-state index is 12.7. The Balaban J connectivity index is 1.63. The Morgan fingerprint density at radius 2 is 2.28 bits per heavy atom. The summed E-state index contributed by atoms with van der Waals surface area (Å²) in [5, 5.41) is 6.65. The molecule has 0 aromatic carbocycles. The van der Waals surface area contributed by atoms with Gasteiger partial charge in [0.05, 0.1) is 18.3 Å². The van der Waals surface area contributed by atoms with E-state index in [-0.39, 0.29) is 11.9 Å². The lowest BCUT2D eigenvalue weighted by atomic mass is 10.0. The van der Waals surface area contributed by atoms with Crippen LogP contribution in [0.5, 0.6) is 0 Å². The van der Waals surface area contributed by atoms with Crippen LogP contribution in [0.1, 0.15) is 46.5 Å². The fraction of sp³-hybridized carbons (Fsp3) is 0.444. The molecule has 0 radical (unpaired) electrons. The number of anilines is 1. The highest BCUT2D eigenvalue weighted by Gasteiger charge is 2.28. The molecule has 1 saturated heterocycles. The molecule has 0 unspecified atom stereocenters. The number of hydrogen-bond donors (Lipinski definition) is 2. The second-order valence-electron chi connectivity index (χ2n) is 6.45. The maximum Gasteiger partial charge on any atom is 0.272 e. The van der Waals surface area contributed by atoms with Gasteiger partial charge in [0.15, 0.2) is 0 Å². The Bertz CT molecular complexity index is 773. The number of amides is 1. The van der Waals surface area contributed by atoms with E-state index in [2.05, 4.69) is 15.6 Å². The average molecular weight is 338 g/mol. The predicted molar refractivity (Wildman–Crippen MR) is 94.2 cm³/mol. The molecular formula is C18H22N6O. The van der Waals surface area contributed by atoms with Gasteiger partial charge in [-0.2, -0.15) is 0 Å². The maximum absolute atomic E-state index is 12.7. The molecule has 1 atom stereocenters. The Kier molecular flexibility index (Phi) is 4.31. The summed E-state index contributed by atoms with van der Waals surface area (Å²) in [6.07, 6.45) is 4.60. The number of aromatic nitrogens is 3. The first-order valence-corrected chi connectivity index (χ1v) is 8.77. The summed E-state index contributed by atoms with van der Waals surface area (Å²) in [7, 11) is 1.89. The number of rotatable bonds is 3. The molecule has 130 valence electrons. The number of hydrogen-bond acceptors (Lipinski definition) is 6. The second kappa shape index (κ2) is 6.76. The van der Waals surface area contributed by atoms with Crippen molar-refractivity contribution in [3.63, 3.8) is 0 Å². The number of pyridine rings is 1. The van der Waals surface area contributed by atoms with Crippen molar-refractivity contribution in [2.24, 2.45) is 0 Å². The van der Waals surface area contributed by atoms with Gasteiger partial charge in [-0.25, -0.2) is 9.97 Å². The Morgan fingerprint density at radius 3 is 3.00 bits per heavy atom. The van der Waals surface area contributed by atoms with Crippen molar-refractivity contribution >= 4 is 11.7 Å². The van der Waals surface area contributed by atoms with Gasteiger partial charge >= 0.3 is 0 Å². The first-order valence-electron chi connectivity index (χ1n) is 8.77. The van der Waals surface area contributed by atoms with Gasteiger partial charge in [-0.3, -0.25) is 9.78 Å². The monoisotopic (exact) mass is 338 g/mol. The van der Waals surface area contributed by atoms with Crippen LogP contribution in [-0.2, 0) is 13.0 Å².